The number of amides is 1. The van der Waals surface area contributed by atoms with Crippen molar-refractivity contribution >= 4 is 17.7 Å². The highest BCUT2D eigenvalue weighted by molar-refractivity contribution is 7.99. The molecule has 0 aliphatic heterocycles. The predicted molar refractivity (Wildman–Crippen MR) is 82.9 cm³/mol. The highest BCUT2D eigenvalue weighted by Crippen LogP contribution is 2.24. The Bertz CT molecular complexity index is 629. The molecule has 22 heavy (non-hydrogen) atoms. The largest absolute Gasteiger partial charge is 0.411 e. The molecule has 5 nitrogen and oxygen atoms in total. The van der Waals surface area contributed by atoms with Gasteiger partial charge in [0.05, 0.1) is 11.3 Å². The quantitative estimate of drug-likeness (QED) is 0.792. The molecule has 2 aromatic rings. The lowest BCUT2D eigenvalue weighted by Gasteiger charge is -2.13. The van der Waals surface area contributed by atoms with E-state index in [9.17, 15) is 9.18 Å². The molecule has 1 aromatic carbocycles. The lowest BCUT2D eigenvalue weighted by molar-refractivity contribution is -0.119. The summed E-state index contributed by atoms with van der Waals surface area (Å²) in [7, 11) is 0. The number of benzene rings is 1. The van der Waals surface area contributed by atoms with Crippen LogP contribution in [0.2, 0.25) is 0 Å². The molecule has 0 atom stereocenters. The van der Waals surface area contributed by atoms with E-state index in [1.807, 2.05) is 13.8 Å². The molecule has 0 spiro atoms. The van der Waals surface area contributed by atoms with Crippen molar-refractivity contribution < 1.29 is 13.6 Å². The van der Waals surface area contributed by atoms with Gasteiger partial charge in [0, 0.05) is 6.04 Å². The Labute approximate surface area is 132 Å². The van der Waals surface area contributed by atoms with Crippen LogP contribution < -0.4 is 5.32 Å². The Morgan fingerprint density at radius 2 is 2.05 bits per heavy atom. The molecule has 1 heterocycles. The number of carbonyl (C=O) groups excluding carboxylic acids is 1. The summed E-state index contributed by atoms with van der Waals surface area (Å²) in [5.41, 5.74) is 0.253. The number of nitrogens with one attached hydrogen (secondary N) is 1. The van der Waals surface area contributed by atoms with Crippen LogP contribution >= 0.6 is 11.8 Å². The standard InChI is InChI=1S/C15H18FN3O2S/c1-3-10(4-2)17-13(20)9-22-15-19-18-14(21-15)11-7-5-6-8-12(11)16/h5-8,10H,3-4,9H2,1-2H3,(H,17,20). The van der Waals surface area contributed by atoms with Gasteiger partial charge in [0.25, 0.3) is 11.1 Å². The second kappa shape index (κ2) is 7.93. The summed E-state index contributed by atoms with van der Waals surface area (Å²) in [5.74, 6) is -0.199. The first-order chi connectivity index (χ1) is 10.6. The lowest BCUT2D eigenvalue weighted by Crippen LogP contribution is -2.34. The maximum Gasteiger partial charge on any atom is 0.277 e. The van der Waals surface area contributed by atoms with Crippen molar-refractivity contribution in [1.29, 1.82) is 0 Å². The Kier molecular flexibility index (Phi) is 5.94. The monoisotopic (exact) mass is 323 g/mol. The molecule has 7 heteroatoms. The number of hydrogen-bond donors (Lipinski definition) is 1. The zero-order chi connectivity index (χ0) is 15.9. The molecule has 0 saturated heterocycles. The Balaban J connectivity index is 1.93. The van der Waals surface area contributed by atoms with E-state index in [1.165, 1.54) is 6.07 Å². The maximum atomic E-state index is 13.6. The van der Waals surface area contributed by atoms with Gasteiger partial charge < -0.3 is 9.73 Å². The van der Waals surface area contributed by atoms with Gasteiger partial charge in [0.15, 0.2) is 0 Å². The van der Waals surface area contributed by atoms with Crippen molar-refractivity contribution in [2.45, 2.75) is 38.0 Å². The van der Waals surface area contributed by atoms with Crippen LogP contribution in [0.25, 0.3) is 11.5 Å². The number of thioether (sulfide) groups is 1. The van der Waals surface area contributed by atoms with Gasteiger partial charge in [-0.3, -0.25) is 4.79 Å². The normalized spacial score (nSPS) is 10.9. The average molecular weight is 323 g/mol. The first-order valence-electron chi connectivity index (χ1n) is 7.14. The van der Waals surface area contributed by atoms with E-state index in [0.29, 0.717) is 0 Å². The SMILES string of the molecule is CCC(CC)NC(=O)CSc1nnc(-c2ccccc2F)o1. The van der Waals surface area contributed by atoms with Crippen LogP contribution in [-0.4, -0.2) is 27.9 Å². The van der Waals surface area contributed by atoms with Gasteiger partial charge in [-0.2, -0.15) is 0 Å². The fourth-order valence-electron chi connectivity index (χ4n) is 1.90. The summed E-state index contributed by atoms with van der Waals surface area (Å²) in [6.07, 6.45) is 1.79. The minimum atomic E-state index is -0.422. The van der Waals surface area contributed by atoms with Crippen LogP contribution in [0.4, 0.5) is 4.39 Å². The van der Waals surface area contributed by atoms with Crippen molar-refractivity contribution in [3.05, 3.63) is 30.1 Å². The van der Waals surface area contributed by atoms with Crippen LogP contribution in [0, 0.1) is 5.82 Å². The Morgan fingerprint density at radius 1 is 1.32 bits per heavy atom. The average Bonchev–Trinajstić information content (AvgIpc) is 2.99. The molecule has 0 aliphatic carbocycles. The van der Waals surface area contributed by atoms with Crippen LogP contribution in [0.1, 0.15) is 26.7 Å². The number of hydrogen-bond acceptors (Lipinski definition) is 5. The molecular weight excluding hydrogens is 305 g/mol. The summed E-state index contributed by atoms with van der Waals surface area (Å²) >= 11 is 1.14. The highest BCUT2D eigenvalue weighted by atomic mass is 32.2. The third kappa shape index (κ3) is 4.30. The number of rotatable bonds is 7. The fourth-order valence-corrected chi connectivity index (χ4v) is 2.48. The number of carbonyl (C=O) groups is 1. The number of nitrogens with zero attached hydrogens (tertiary/aromatic N) is 2. The van der Waals surface area contributed by atoms with Gasteiger partial charge >= 0.3 is 0 Å². The van der Waals surface area contributed by atoms with Gasteiger partial charge in [-0.15, -0.1) is 10.2 Å². The van der Waals surface area contributed by atoms with E-state index < -0.39 is 5.82 Å². The number of aromatic nitrogens is 2. The summed E-state index contributed by atoms with van der Waals surface area (Å²) < 4.78 is 19.0. The van der Waals surface area contributed by atoms with Crippen LogP contribution in [0.5, 0.6) is 0 Å². The molecule has 0 fully saturated rings. The van der Waals surface area contributed by atoms with Gasteiger partial charge in [-0.25, -0.2) is 4.39 Å². The van der Waals surface area contributed by atoms with Gasteiger partial charge in [-0.1, -0.05) is 37.7 Å². The molecule has 1 aromatic heterocycles. The van der Waals surface area contributed by atoms with Crippen molar-refractivity contribution in [3.63, 3.8) is 0 Å². The van der Waals surface area contributed by atoms with E-state index in [4.69, 9.17) is 4.42 Å². The van der Waals surface area contributed by atoms with Gasteiger partial charge in [0.2, 0.25) is 5.91 Å². The zero-order valence-corrected chi connectivity index (χ0v) is 13.3. The molecule has 2 rings (SSSR count). The summed E-state index contributed by atoms with van der Waals surface area (Å²) in [6.45, 7) is 4.06. The van der Waals surface area contributed by atoms with E-state index in [-0.39, 0.29) is 34.4 Å². The second-order valence-corrected chi connectivity index (χ2v) is 5.65. The molecule has 0 saturated carbocycles. The van der Waals surface area contributed by atoms with Gasteiger partial charge in [0.1, 0.15) is 5.82 Å². The minimum absolute atomic E-state index is 0.0793. The first kappa shape index (κ1) is 16.5. The zero-order valence-electron chi connectivity index (χ0n) is 12.5. The first-order valence-corrected chi connectivity index (χ1v) is 8.13. The van der Waals surface area contributed by atoms with E-state index in [2.05, 4.69) is 15.5 Å². The Morgan fingerprint density at radius 3 is 2.73 bits per heavy atom. The highest BCUT2D eigenvalue weighted by Gasteiger charge is 2.14. The van der Waals surface area contributed by atoms with Crippen molar-refractivity contribution in [3.8, 4) is 11.5 Å². The maximum absolute atomic E-state index is 13.6. The fraction of sp³-hybridized carbons (Fsp3) is 0.400. The molecular formula is C15H18FN3O2S. The van der Waals surface area contributed by atoms with E-state index in [0.717, 1.165) is 24.6 Å². The van der Waals surface area contributed by atoms with E-state index >= 15 is 0 Å². The summed E-state index contributed by atoms with van der Waals surface area (Å²) in [6, 6.07) is 6.36. The molecule has 1 amide bonds. The summed E-state index contributed by atoms with van der Waals surface area (Å²) in [5, 5.41) is 10.8. The number of halogens is 1. The molecule has 0 unspecified atom stereocenters. The van der Waals surface area contributed by atoms with Crippen LogP contribution in [0.3, 0.4) is 0 Å². The molecule has 0 aliphatic rings. The Hall–Kier alpha value is -1.89. The van der Waals surface area contributed by atoms with Crippen molar-refractivity contribution in [2.75, 3.05) is 5.75 Å². The summed E-state index contributed by atoms with van der Waals surface area (Å²) in [4.78, 5) is 11.8. The molecule has 0 radical (unpaired) electrons. The van der Waals surface area contributed by atoms with Crippen LogP contribution in [0.15, 0.2) is 33.9 Å². The second-order valence-electron chi connectivity index (χ2n) is 4.72. The third-order valence-corrected chi connectivity index (χ3v) is 4.01. The van der Waals surface area contributed by atoms with Crippen molar-refractivity contribution in [1.82, 2.24) is 15.5 Å². The topological polar surface area (TPSA) is 68.0 Å². The van der Waals surface area contributed by atoms with Crippen LogP contribution in [-0.2, 0) is 4.79 Å². The van der Waals surface area contributed by atoms with Gasteiger partial charge in [-0.05, 0) is 25.0 Å². The predicted octanol–water partition coefficient (Wildman–Crippen LogP) is 3.27. The smallest absolute Gasteiger partial charge is 0.277 e. The minimum Gasteiger partial charge on any atom is -0.411 e. The lowest BCUT2D eigenvalue weighted by atomic mass is 10.2. The molecule has 0 bridgehead atoms. The molecule has 118 valence electrons. The van der Waals surface area contributed by atoms with E-state index in [1.54, 1.807) is 18.2 Å². The third-order valence-electron chi connectivity index (χ3n) is 3.19. The molecule has 1 N–H and O–H groups in total. The van der Waals surface area contributed by atoms with Crippen molar-refractivity contribution in [2.24, 2.45) is 0 Å².